The van der Waals surface area contributed by atoms with E-state index in [-0.39, 0.29) is 36.1 Å². The Hall–Kier alpha value is -2.37. The SMILES string of the molecule is CCOC(=O)[C@H]1C[C@@H]1C(=O)[C@H](CC(C)C)NC(=O)OCc1ccccc1. The van der Waals surface area contributed by atoms with Gasteiger partial charge >= 0.3 is 12.1 Å². The maximum atomic E-state index is 12.7. The van der Waals surface area contributed by atoms with E-state index >= 15 is 0 Å². The zero-order chi connectivity index (χ0) is 19.1. The van der Waals surface area contributed by atoms with Crippen LogP contribution in [0.2, 0.25) is 0 Å². The molecule has 26 heavy (non-hydrogen) atoms. The monoisotopic (exact) mass is 361 g/mol. The zero-order valence-corrected chi connectivity index (χ0v) is 15.6. The van der Waals surface area contributed by atoms with Crippen LogP contribution in [-0.4, -0.2) is 30.5 Å². The van der Waals surface area contributed by atoms with Crippen molar-refractivity contribution in [3.63, 3.8) is 0 Å². The lowest BCUT2D eigenvalue weighted by Gasteiger charge is -2.19. The number of amides is 1. The van der Waals surface area contributed by atoms with Gasteiger partial charge in [0.2, 0.25) is 0 Å². The molecule has 1 amide bonds. The first-order valence-corrected chi connectivity index (χ1v) is 9.10. The van der Waals surface area contributed by atoms with Crippen molar-refractivity contribution in [2.75, 3.05) is 6.61 Å². The summed E-state index contributed by atoms with van der Waals surface area (Å²) in [6.45, 7) is 6.14. The Bertz CT molecular complexity index is 628. The van der Waals surface area contributed by atoms with Crippen molar-refractivity contribution in [3.8, 4) is 0 Å². The van der Waals surface area contributed by atoms with Crippen molar-refractivity contribution >= 4 is 17.8 Å². The molecule has 1 aliphatic carbocycles. The van der Waals surface area contributed by atoms with Gasteiger partial charge in [-0.15, -0.1) is 0 Å². The van der Waals surface area contributed by atoms with Crippen LogP contribution < -0.4 is 5.32 Å². The lowest BCUT2D eigenvalue weighted by Crippen LogP contribution is -2.43. The summed E-state index contributed by atoms with van der Waals surface area (Å²) in [5.74, 6) is -0.973. The number of esters is 1. The summed E-state index contributed by atoms with van der Waals surface area (Å²) in [4.78, 5) is 36.5. The Morgan fingerprint density at radius 1 is 1.12 bits per heavy atom. The lowest BCUT2D eigenvalue weighted by atomic mass is 9.97. The van der Waals surface area contributed by atoms with Gasteiger partial charge in [-0.2, -0.15) is 0 Å². The highest BCUT2D eigenvalue weighted by Gasteiger charge is 2.50. The largest absolute Gasteiger partial charge is 0.466 e. The topological polar surface area (TPSA) is 81.7 Å². The molecular formula is C20H27NO5. The summed E-state index contributed by atoms with van der Waals surface area (Å²) in [7, 11) is 0. The fourth-order valence-corrected chi connectivity index (χ4v) is 2.90. The Morgan fingerprint density at radius 3 is 2.42 bits per heavy atom. The molecule has 1 fully saturated rings. The average Bonchev–Trinajstić information content (AvgIpc) is 3.40. The summed E-state index contributed by atoms with van der Waals surface area (Å²) in [5, 5.41) is 2.67. The van der Waals surface area contributed by atoms with E-state index in [2.05, 4.69) is 5.32 Å². The lowest BCUT2D eigenvalue weighted by molar-refractivity contribution is -0.146. The minimum Gasteiger partial charge on any atom is -0.466 e. The summed E-state index contributed by atoms with van der Waals surface area (Å²) in [6.07, 6.45) is 0.374. The first-order chi connectivity index (χ1) is 12.4. The summed E-state index contributed by atoms with van der Waals surface area (Å²) in [5.41, 5.74) is 0.874. The van der Waals surface area contributed by atoms with Crippen molar-refractivity contribution in [3.05, 3.63) is 35.9 Å². The molecule has 6 heteroatoms. The second-order valence-corrected chi connectivity index (χ2v) is 6.99. The fourth-order valence-electron chi connectivity index (χ4n) is 2.90. The van der Waals surface area contributed by atoms with E-state index in [1.54, 1.807) is 6.92 Å². The molecule has 2 rings (SSSR count). The number of alkyl carbamates (subject to hydrolysis) is 1. The Kier molecular flexibility index (Phi) is 7.18. The summed E-state index contributed by atoms with van der Waals surface area (Å²) in [6, 6.07) is 8.68. The van der Waals surface area contributed by atoms with Crippen molar-refractivity contribution in [1.29, 1.82) is 0 Å². The van der Waals surface area contributed by atoms with Gasteiger partial charge < -0.3 is 14.8 Å². The third-order valence-corrected chi connectivity index (χ3v) is 4.30. The van der Waals surface area contributed by atoms with Crippen LogP contribution in [0.3, 0.4) is 0 Å². The van der Waals surface area contributed by atoms with Crippen LogP contribution in [-0.2, 0) is 25.7 Å². The van der Waals surface area contributed by atoms with Gasteiger partial charge in [0, 0.05) is 5.92 Å². The summed E-state index contributed by atoms with van der Waals surface area (Å²) < 4.78 is 10.2. The van der Waals surface area contributed by atoms with Crippen molar-refractivity contribution in [1.82, 2.24) is 5.32 Å². The fraction of sp³-hybridized carbons (Fsp3) is 0.550. The molecule has 6 nitrogen and oxygen atoms in total. The minimum atomic E-state index is -0.650. The molecule has 1 saturated carbocycles. The summed E-state index contributed by atoms with van der Waals surface area (Å²) >= 11 is 0. The molecule has 0 aliphatic heterocycles. The molecule has 0 aromatic heterocycles. The van der Waals surface area contributed by atoms with Crippen molar-refractivity contribution in [2.45, 2.75) is 46.3 Å². The van der Waals surface area contributed by atoms with E-state index in [0.29, 0.717) is 19.4 Å². The smallest absolute Gasteiger partial charge is 0.408 e. The van der Waals surface area contributed by atoms with Crippen molar-refractivity contribution in [2.24, 2.45) is 17.8 Å². The number of carbonyl (C=O) groups excluding carboxylic acids is 3. The number of rotatable bonds is 9. The first-order valence-electron chi connectivity index (χ1n) is 9.10. The molecule has 3 atom stereocenters. The van der Waals surface area contributed by atoms with Crippen LogP contribution in [0.25, 0.3) is 0 Å². The number of carbonyl (C=O) groups is 3. The number of Topliss-reactive ketones (excluding diaryl/α,β-unsaturated/α-hetero) is 1. The van der Waals surface area contributed by atoms with Gasteiger partial charge in [-0.3, -0.25) is 9.59 Å². The third kappa shape index (κ3) is 5.86. The molecule has 0 bridgehead atoms. The highest BCUT2D eigenvalue weighted by atomic mass is 16.5. The number of ketones is 1. The molecular weight excluding hydrogens is 334 g/mol. The normalized spacial score (nSPS) is 19.5. The van der Waals surface area contributed by atoms with Gasteiger partial charge in [-0.25, -0.2) is 4.79 Å². The van der Waals surface area contributed by atoms with Crippen LogP contribution in [0, 0.1) is 17.8 Å². The van der Waals surface area contributed by atoms with E-state index in [1.807, 2.05) is 44.2 Å². The number of nitrogens with one attached hydrogen (secondary N) is 1. The van der Waals surface area contributed by atoms with Gasteiger partial charge in [-0.1, -0.05) is 44.2 Å². The van der Waals surface area contributed by atoms with Gasteiger partial charge in [-0.05, 0) is 31.2 Å². The highest BCUT2D eigenvalue weighted by molar-refractivity contribution is 5.96. The zero-order valence-electron chi connectivity index (χ0n) is 15.6. The minimum absolute atomic E-state index is 0.117. The number of hydrogen-bond acceptors (Lipinski definition) is 5. The van der Waals surface area contributed by atoms with Gasteiger partial charge in [0.05, 0.1) is 18.6 Å². The number of hydrogen-bond donors (Lipinski definition) is 1. The second kappa shape index (κ2) is 9.36. The molecule has 142 valence electrons. The molecule has 1 N–H and O–H groups in total. The molecule has 0 saturated heterocycles. The molecule has 1 aromatic rings. The molecule has 1 aromatic carbocycles. The van der Waals surface area contributed by atoms with E-state index in [4.69, 9.17) is 9.47 Å². The maximum Gasteiger partial charge on any atom is 0.408 e. The predicted molar refractivity (Wildman–Crippen MR) is 96.2 cm³/mol. The van der Waals surface area contributed by atoms with Crippen molar-refractivity contribution < 1.29 is 23.9 Å². The number of benzene rings is 1. The maximum absolute atomic E-state index is 12.7. The van der Waals surface area contributed by atoms with Gasteiger partial charge in [0.15, 0.2) is 5.78 Å². The van der Waals surface area contributed by atoms with E-state index in [9.17, 15) is 14.4 Å². The standard InChI is InChI=1S/C20H27NO5/c1-4-25-19(23)16-11-15(16)18(22)17(10-13(2)3)21-20(24)26-12-14-8-6-5-7-9-14/h5-9,13,15-17H,4,10-12H2,1-3H3,(H,21,24)/t15-,16-,17-/m0/s1. The molecule has 0 unspecified atom stereocenters. The Balaban J connectivity index is 1.89. The third-order valence-electron chi connectivity index (χ3n) is 4.30. The van der Waals surface area contributed by atoms with Crippen LogP contribution in [0.15, 0.2) is 30.3 Å². The second-order valence-electron chi connectivity index (χ2n) is 6.99. The van der Waals surface area contributed by atoms with E-state index in [0.717, 1.165) is 5.56 Å². The highest BCUT2D eigenvalue weighted by Crippen LogP contribution is 2.41. The molecule has 0 heterocycles. The number of ether oxygens (including phenoxy) is 2. The molecule has 0 spiro atoms. The van der Waals surface area contributed by atoms with E-state index in [1.165, 1.54) is 0 Å². The van der Waals surface area contributed by atoms with E-state index < -0.39 is 12.1 Å². The van der Waals surface area contributed by atoms with Gasteiger partial charge in [0.25, 0.3) is 0 Å². The Labute approximate surface area is 154 Å². The molecule has 1 aliphatic rings. The van der Waals surface area contributed by atoms with Crippen LogP contribution in [0.5, 0.6) is 0 Å². The molecule has 0 radical (unpaired) electrons. The quantitative estimate of drug-likeness (QED) is 0.684. The van der Waals surface area contributed by atoms with Crippen LogP contribution >= 0.6 is 0 Å². The Morgan fingerprint density at radius 2 is 1.81 bits per heavy atom. The van der Waals surface area contributed by atoms with Crippen LogP contribution in [0.1, 0.15) is 39.2 Å². The predicted octanol–water partition coefficient (Wildman–Crippen LogP) is 3.10. The van der Waals surface area contributed by atoms with Gasteiger partial charge in [0.1, 0.15) is 6.61 Å². The first kappa shape index (κ1) is 19.9. The van der Waals surface area contributed by atoms with Crippen LogP contribution in [0.4, 0.5) is 4.79 Å². The average molecular weight is 361 g/mol.